The molecule has 0 fully saturated rings. The number of nitriles is 1. The number of halogens is 1. The summed E-state index contributed by atoms with van der Waals surface area (Å²) in [7, 11) is 0. The largest absolute Gasteiger partial charge is 0.276 e. The average Bonchev–Trinajstić information content (AvgIpc) is 2.25. The zero-order valence-electron chi connectivity index (χ0n) is 7.85. The van der Waals surface area contributed by atoms with E-state index in [0.29, 0.717) is 5.57 Å². The van der Waals surface area contributed by atoms with Gasteiger partial charge >= 0.3 is 0 Å². The van der Waals surface area contributed by atoms with E-state index in [9.17, 15) is 4.79 Å². The molecular weight excluding hydrogens is 210 g/mol. The molecule has 0 spiro atoms. The minimum atomic E-state index is -0.593. The van der Waals surface area contributed by atoms with Crippen LogP contribution < -0.4 is 0 Å². The zero-order chi connectivity index (χ0) is 11.1. The highest BCUT2D eigenvalue weighted by Crippen LogP contribution is 2.07. The Balaban J connectivity index is 2.90. The third kappa shape index (κ3) is 4.26. The maximum Gasteiger partial charge on any atom is 0.245 e. The lowest BCUT2D eigenvalue weighted by Gasteiger charge is -1.91. The second-order valence-corrected chi connectivity index (χ2v) is 3.13. The predicted octanol–water partition coefficient (Wildman–Crippen LogP) is 2.92. The normalized spacial score (nSPS) is 11.3. The number of carbonyl (C=O) groups is 1. The second-order valence-electron chi connectivity index (χ2n) is 2.76. The van der Waals surface area contributed by atoms with Crippen molar-refractivity contribution in [1.82, 2.24) is 0 Å². The van der Waals surface area contributed by atoms with E-state index in [-0.39, 0.29) is 0 Å². The summed E-state index contributed by atoms with van der Waals surface area (Å²) < 4.78 is 0. The Morgan fingerprint density at radius 3 is 2.47 bits per heavy atom. The molecule has 1 aromatic rings. The van der Waals surface area contributed by atoms with Gasteiger partial charge in [0.05, 0.1) is 11.6 Å². The number of hydrogen-bond acceptors (Lipinski definition) is 2. The second kappa shape index (κ2) is 5.79. The topological polar surface area (TPSA) is 40.9 Å². The van der Waals surface area contributed by atoms with Crippen LogP contribution in [0.4, 0.5) is 0 Å². The van der Waals surface area contributed by atoms with Crippen LogP contribution in [-0.4, -0.2) is 5.24 Å². The van der Waals surface area contributed by atoms with Crippen molar-refractivity contribution in [2.24, 2.45) is 0 Å². The summed E-state index contributed by atoms with van der Waals surface area (Å²) in [4.78, 5) is 10.5. The van der Waals surface area contributed by atoms with E-state index in [4.69, 9.17) is 16.9 Å². The molecule has 0 heterocycles. The number of carbonyl (C=O) groups excluding carboxylic acids is 1. The Morgan fingerprint density at radius 1 is 1.27 bits per heavy atom. The fourth-order valence-corrected chi connectivity index (χ4v) is 1.06. The summed E-state index contributed by atoms with van der Waals surface area (Å²) in [5.74, 6) is 0. The van der Waals surface area contributed by atoms with E-state index >= 15 is 0 Å². The summed E-state index contributed by atoms with van der Waals surface area (Å²) in [6.45, 7) is 0. The fourth-order valence-electron chi connectivity index (χ4n) is 1.00. The molecule has 0 saturated carbocycles. The van der Waals surface area contributed by atoms with Gasteiger partial charge in [-0.25, -0.2) is 0 Å². The molecule has 0 aliphatic rings. The van der Waals surface area contributed by atoms with Gasteiger partial charge in [0.1, 0.15) is 0 Å². The van der Waals surface area contributed by atoms with E-state index in [0.717, 1.165) is 11.6 Å². The van der Waals surface area contributed by atoms with Gasteiger partial charge in [-0.05, 0) is 35.4 Å². The quantitative estimate of drug-likeness (QED) is 0.338. The lowest BCUT2D eigenvalue weighted by molar-refractivity contribution is -0.107. The summed E-state index contributed by atoms with van der Waals surface area (Å²) in [5, 5.41) is 8.18. The van der Waals surface area contributed by atoms with Crippen molar-refractivity contribution in [3.63, 3.8) is 0 Å². The van der Waals surface area contributed by atoms with Crippen LogP contribution in [0.2, 0.25) is 0 Å². The third-order valence-electron chi connectivity index (χ3n) is 1.64. The van der Waals surface area contributed by atoms with E-state index in [1.54, 1.807) is 6.08 Å². The molecule has 74 valence electrons. The van der Waals surface area contributed by atoms with Crippen molar-refractivity contribution in [3.8, 4) is 6.07 Å². The van der Waals surface area contributed by atoms with Crippen LogP contribution in [0, 0.1) is 11.3 Å². The van der Waals surface area contributed by atoms with Crippen molar-refractivity contribution in [2.45, 2.75) is 0 Å². The van der Waals surface area contributed by atoms with Crippen molar-refractivity contribution in [1.29, 1.82) is 5.26 Å². The molecule has 0 aliphatic carbocycles. The molecule has 2 nitrogen and oxygen atoms in total. The van der Waals surface area contributed by atoms with Crippen molar-refractivity contribution in [3.05, 3.63) is 53.6 Å². The molecule has 0 aliphatic heterocycles. The van der Waals surface area contributed by atoms with Gasteiger partial charge < -0.3 is 0 Å². The molecular formula is C12H8ClNO. The maximum absolute atomic E-state index is 10.5. The van der Waals surface area contributed by atoms with Gasteiger partial charge in [0.25, 0.3) is 0 Å². The lowest BCUT2D eigenvalue weighted by Crippen LogP contribution is -1.78. The van der Waals surface area contributed by atoms with Gasteiger partial charge in [0, 0.05) is 0 Å². The molecule has 0 radical (unpaired) electrons. The average molecular weight is 218 g/mol. The minimum Gasteiger partial charge on any atom is -0.276 e. The summed E-state index contributed by atoms with van der Waals surface area (Å²) in [5.41, 5.74) is 1.29. The first-order valence-electron chi connectivity index (χ1n) is 4.27. The molecule has 1 rings (SSSR count). The van der Waals surface area contributed by atoms with Crippen LogP contribution in [-0.2, 0) is 4.79 Å². The standard InChI is InChI=1S/C12H8ClNO/c13-12(15)7-6-11(9-14)8-10-4-2-1-3-5-10/h1-8H. The van der Waals surface area contributed by atoms with Gasteiger partial charge in [-0.3, -0.25) is 4.79 Å². The van der Waals surface area contributed by atoms with Gasteiger partial charge in [0.2, 0.25) is 5.24 Å². The molecule has 0 aromatic heterocycles. The maximum atomic E-state index is 10.5. The Bertz CT molecular complexity index is 440. The summed E-state index contributed by atoms with van der Waals surface area (Å²) in [6.07, 6.45) is 4.22. The molecule has 1 aromatic carbocycles. The number of nitrogens with zero attached hydrogens (tertiary/aromatic N) is 1. The number of hydrogen-bond donors (Lipinski definition) is 0. The molecule has 15 heavy (non-hydrogen) atoms. The van der Waals surface area contributed by atoms with Crippen LogP contribution in [0.25, 0.3) is 6.08 Å². The lowest BCUT2D eigenvalue weighted by atomic mass is 10.1. The summed E-state index contributed by atoms with van der Waals surface area (Å²) >= 11 is 5.12. The fraction of sp³-hybridized carbons (Fsp3) is 0. The first-order chi connectivity index (χ1) is 7.22. The molecule has 0 saturated heterocycles. The molecule has 0 amide bonds. The Hall–Kier alpha value is -1.85. The highest BCUT2D eigenvalue weighted by atomic mass is 35.5. The highest BCUT2D eigenvalue weighted by molar-refractivity contribution is 6.66. The van der Waals surface area contributed by atoms with Crippen LogP contribution in [0.1, 0.15) is 5.56 Å². The van der Waals surface area contributed by atoms with Crippen molar-refractivity contribution >= 4 is 22.9 Å². The smallest absolute Gasteiger partial charge is 0.245 e. The molecule has 0 unspecified atom stereocenters. The monoisotopic (exact) mass is 217 g/mol. The molecule has 0 bridgehead atoms. The minimum absolute atomic E-state index is 0.384. The van der Waals surface area contributed by atoms with E-state index < -0.39 is 5.24 Å². The van der Waals surface area contributed by atoms with Gasteiger partial charge in [-0.1, -0.05) is 30.3 Å². The number of rotatable bonds is 3. The first kappa shape index (κ1) is 11.2. The van der Waals surface area contributed by atoms with Crippen LogP contribution in [0.3, 0.4) is 0 Å². The molecule has 3 heteroatoms. The summed E-state index contributed by atoms with van der Waals surface area (Å²) in [6, 6.07) is 11.3. The van der Waals surface area contributed by atoms with E-state index in [1.165, 1.54) is 6.08 Å². The van der Waals surface area contributed by atoms with E-state index in [2.05, 4.69) is 0 Å². The molecule has 0 N–H and O–H groups in total. The van der Waals surface area contributed by atoms with Gasteiger partial charge in [-0.15, -0.1) is 0 Å². The first-order valence-corrected chi connectivity index (χ1v) is 4.64. The van der Waals surface area contributed by atoms with Crippen molar-refractivity contribution in [2.75, 3.05) is 0 Å². The van der Waals surface area contributed by atoms with E-state index in [1.807, 2.05) is 36.4 Å². The number of benzene rings is 1. The van der Waals surface area contributed by atoms with Crippen LogP contribution in [0.5, 0.6) is 0 Å². The molecule has 0 atom stereocenters. The third-order valence-corrected chi connectivity index (χ3v) is 1.77. The number of allylic oxidation sites excluding steroid dienone is 3. The highest BCUT2D eigenvalue weighted by Gasteiger charge is 1.92. The SMILES string of the molecule is N#CC(C=CC(=O)Cl)=Cc1ccccc1. The predicted molar refractivity (Wildman–Crippen MR) is 60.0 cm³/mol. The van der Waals surface area contributed by atoms with Gasteiger partial charge in [-0.2, -0.15) is 5.26 Å². The zero-order valence-corrected chi connectivity index (χ0v) is 8.61. The van der Waals surface area contributed by atoms with Crippen LogP contribution in [0.15, 0.2) is 48.1 Å². The van der Waals surface area contributed by atoms with Crippen LogP contribution >= 0.6 is 11.6 Å². The Kier molecular flexibility index (Phi) is 4.33. The van der Waals surface area contributed by atoms with Crippen molar-refractivity contribution < 1.29 is 4.79 Å². The van der Waals surface area contributed by atoms with Gasteiger partial charge in [0.15, 0.2) is 0 Å². The Labute approximate surface area is 93.1 Å². The Morgan fingerprint density at radius 2 is 1.93 bits per heavy atom.